The fraction of sp³-hybridized carbons (Fsp3) is 0.500. The molecule has 2 aromatic rings. The highest BCUT2D eigenvalue weighted by Crippen LogP contribution is 2.29. The first-order valence-corrected chi connectivity index (χ1v) is 8.74. The van der Waals surface area contributed by atoms with Gasteiger partial charge in [0.2, 0.25) is 0 Å². The molecular formula is C18H23N5O. The van der Waals surface area contributed by atoms with E-state index in [9.17, 15) is 0 Å². The molecule has 6 nitrogen and oxygen atoms in total. The summed E-state index contributed by atoms with van der Waals surface area (Å²) < 4.78 is 5.46. The van der Waals surface area contributed by atoms with Gasteiger partial charge in [-0.25, -0.2) is 9.97 Å². The highest BCUT2D eigenvalue weighted by molar-refractivity contribution is 5.68. The monoisotopic (exact) mass is 325 g/mol. The number of nitrogens with one attached hydrogen (secondary N) is 1. The van der Waals surface area contributed by atoms with E-state index in [2.05, 4.69) is 20.2 Å². The van der Waals surface area contributed by atoms with E-state index in [0.29, 0.717) is 0 Å². The molecule has 1 fully saturated rings. The van der Waals surface area contributed by atoms with Crippen molar-refractivity contribution in [2.75, 3.05) is 43.1 Å². The Balaban J connectivity index is 1.52. The third-order valence-corrected chi connectivity index (χ3v) is 4.83. The van der Waals surface area contributed by atoms with Crippen molar-refractivity contribution >= 4 is 11.6 Å². The van der Waals surface area contributed by atoms with Crippen LogP contribution in [0.5, 0.6) is 0 Å². The molecule has 126 valence electrons. The molecule has 1 N–H and O–H groups in total. The van der Waals surface area contributed by atoms with Crippen molar-refractivity contribution < 1.29 is 4.74 Å². The van der Waals surface area contributed by atoms with Gasteiger partial charge < -0.3 is 15.0 Å². The number of anilines is 2. The van der Waals surface area contributed by atoms with Gasteiger partial charge in [-0.15, -0.1) is 0 Å². The van der Waals surface area contributed by atoms with E-state index in [1.807, 2.05) is 24.5 Å². The highest BCUT2D eigenvalue weighted by atomic mass is 16.5. The van der Waals surface area contributed by atoms with E-state index in [1.165, 1.54) is 19.3 Å². The van der Waals surface area contributed by atoms with Crippen LogP contribution in [0, 0.1) is 5.92 Å². The second-order valence-corrected chi connectivity index (χ2v) is 6.43. The third-order valence-electron chi connectivity index (χ3n) is 4.83. The van der Waals surface area contributed by atoms with Crippen LogP contribution in [-0.2, 0) is 4.74 Å². The Kier molecular flexibility index (Phi) is 4.55. The van der Waals surface area contributed by atoms with Crippen LogP contribution in [0.4, 0.5) is 11.6 Å². The molecule has 4 heterocycles. The molecule has 0 aliphatic carbocycles. The van der Waals surface area contributed by atoms with Gasteiger partial charge in [-0.05, 0) is 37.3 Å². The molecule has 2 aliphatic heterocycles. The maximum atomic E-state index is 5.46. The summed E-state index contributed by atoms with van der Waals surface area (Å²) in [6.07, 6.45) is 8.99. The van der Waals surface area contributed by atoms with E-state index in [4.69, 9.17) is 9.72 Å². The second kappa shape index (κ2) is 7.13. The lowest BCUT2D eigenvalue weighted by Crippen LogP contribution is -2.37. The van der Waals surface area contributed by atoms with Gasteiger partial charge in [0.1, 0.15) is 0 Å². The molecule has 4 rings (SSSR count). The number of hydrogen-bond acceptors (Lipinski definition) is 6. The van der Waals surface area contributed by atoms with Crippen LogP contribution in [0.3, 0.4) is 0 Å². The van der Waals surface area contributed by atoms with Crippen molar-refractivity contribution in [3.8, 4) is 11.3 Å². The standard InChI is InChI=1S/C18H23N5O/c1-2-15(12-19-6-1)16-13-21-17-18(22-16)23(9-7-20-17)8-3-14-4-10-24-11-5-14/h1-2,6,12-14H,3-5,7-11H2,(H,20,21). The quantitative estimate of drug-likeness (QED) is 0.932. The lowest BCUT2D eigenvalue weighted by Gasteiger charge is -2.32. The van der Waals surface area contributed by atoms with Gasteiger partial charge in [-0.2, -0.15) is 0 Å². The van der Waals surface area contributed by atoms with Gasteiger partial charge in [0.05, 0.1) is 11.9 Å². The van der Waals surface area contributed by atoms with Crippen molar-refractivity contribution in [3.05, 3.63) is 30.7 Å². The van der Waals surface area contributed by atoms with Gasteiger partial charge in [0.25, 0.3) is 0 Å². The van der Waals surface area contributed by atoms with Crippen LogP contribution >= 0.6 is 0 Å². The lowest BCUT2D eigenvalue weighted by atomic mass is 9.96. The molecule has 1 saturated heterocycles. The number of pyridine rings is 1. The Bertz CT molecular complexity index is 672. The van der Waals surface area contributed by atoms with Gasteiger partial charge in [0, 0.05) is 50.8 Å². The molecule has 0 amide bonds. The van der Waals surface area contributed by atoms with Crippen molar-refractivity contribution in [1.29, 1.82) is 0 Å². The van der Waals surface area contributed by atoms with Crippen LogP contribution < -0.4 is 10.2 Å². The zero-order valence-electron chi connectivity index (χ0n) is 13.8. The Hall–Kier alpha value is -2.21. The summed E-state index contributed by atoms with van der Waals surface area (Å²) in [5.74, 6) is 2.63. The van der Waals surface area contributed by atoms with Gasteiger partial charge in [-0.1, -0.05) is 0 Å². The van der Waals surface area contributed by atoms with Crippen LogP contribution in [0.25, 0.3) is 11.3 Å². The predicted octanol–water partition coefficient (Wildman–Crippen LogP) is 2.59. The maximum absolute atomic E-state index is 5.46. The molecule has 6 heteroatoms. The SMILES string of the molecule is c1cncc(-c2cnc3c(n2)N(CCC2CCOCC2)CCN3)c1. The average molecular weight is 325 g/mol. The molecule has 24 heavy (non-hydrogen) atoms. The zero-order chi connectivity index (χ0) is 16.2. The Morgan fingerprint density at radius 3 is 3.00 bits per heavy atom. The van der Waals surface area contributed by atoms with Crippen molar-refractivity contribution in [1.82, 2.24) is 15.0 Å². The fourth-order valence-electron chi connectivity index (χ4n) is 3.38. The smallest absolute Gasteiger partial charge is 0.172 e. The number of aromatic nitrogens is 3. The van der Waals surface area contributed by atoms with E-state index in [0.717, 1.165) is 61.7 Å². The van der Waals surface area contributed by atoms with Crippen LogP contribution in [0.15, 0.2) is 30.7 Å². The van der Waals surface area contributed by atoms with E-state index >= 15 is 0 Å². The lowest BCUT2D eigenvalue weighted by molar-refractivity contribution is 0.0645. The topological polar surface area (TPSA) is 63.2 Å². The number of nitrogens with zero attached hydrogens (tertiary/aromatic N) is 4. The van der Waals surface area contributed by atoms with Crippen molar-refractivity contribution in [2.45, 2.75) is 19.3 Å². The first-order valence-electron chi connectivity index (χ1n) is 8.74. The summed E-state index contributed by atoms with van der Waals surface area (Å²) in [6.45, 7) is 4.75. The van der Waals surface area contributed by atoms with E-state index < -0.39 is 0 Å². The molecule has 0 bridgehead atoms. The number of ether oxygens (including phenoxy) is 1. The summed E-state index contributed by atoms with van der Waals surface area (Å²) in [6, 6.07) is 3.95. The Morgan fingerprint density at radius 1 is 1.25 bits per heavy atom. The predicted molar refractivity (Wildman–Crippen MR) is 94.1 cm³/mol. The van der Waals surface area contributed by atoms with Crippen molar-refractivity contribution in [3.63, 3.8) is 0 Å². The van der Waals surface area contributed by atoms with Crippen molar-refractivity contribution in [2.24, 2.45) is 5.92 Å². The minimum atomic E-state index is 0.770. The molecular weight excluding hydrogens is 302 g/mol. The molecule has 0 spiro atoms. The van der Waals surface area contributed by atoms with Gasteiger partial charge in [0.15, 0.2) is 11.6 Å². The molecule has 0 aromatic carbocycles. The molecule has 0 unspecified atom stereocenters. The van der Waals surface area contributed by atoms with Gasteiger partial charge >= 0.3 is 0 Å². The molecule has 0 saturated carbocycles. The second-order valence-electron chi connectivity index (χ2n) is 6.43. The van der Waals surface area contributed by atoms with Crippen LogP contribution in [-0.4, -0.2) is 47.8 Å². The van der Waals surface area contributed by atoms with E-state index in [-0.39, 0.29) is 0 Å². The summed E-state index contributed by atoms with van der Waals surface area (Å²) in [5, 5.41) is 3.36. The first-order chi connectivity index (χ1) is 11.9. The summed E-state index contributed by atoms with van der Waals surface area (Å²) >= 11 is 0. The minimum absolute atomic E-state index is 0.770. The summed E-state index contributed by atoms with van der Waals surface area (Å²) in [5.41, 5.74) is 1.88. The summed E-state index contributed by atoms with van der Waals surface area (Å²) in [4.78, 5) is 16.0. The number of rotatable bonds is 4. The minimum Gasteiger partial charge on any atom is -0.381 e. The molecule has 2 aromatic heterocycles. The fourth-order valence-corrected chi connectivity index (χ4v) is 3.38. The zero-order valence-corrected chi connectivity index (χ0v) is 13.8. The molecule has 0 atom stereocenters. The summed E-state index contributed by atoms with van der Waals surface area (Å²) in [7, 11) is 0. The van der Waals surface area contributed by atoms with Crippen LogP contribution in [0.1, 0.15) is 19.3 Å². The highest BCUT2D eigenvalue weighted by Gasteiger charge is 2.22. The van der Waals surface area contributed by atoms with Gasteiger partial charge in [-0.3, -0.25) is 4.98 Å². The van der Waals surface area contributed by atoms with Crippen LogP contribution in [0.2, 0.25) is 0 Å². The number of hydrogen-bond donors (Lipinski definition) is 1. The first kappa shape index (κ1) is 15.3. The molecule has 0 radical (unpaired) electrons. The maximum Gasteiger partial charge on any atom is 0.172 e. The Morgan fingerprint density at radius 2 is 2.17 bits per heavy atom. The van der Waals surface area contributed by atoms with E-state index in [1.54, 1.807) is 6.20 Å². The normalized spacial score (nSPS) is 18.1. The molecule has 2 aliphatic rings. The third kappa shape index (κ3) is 3.33. The largest absolute Gasteiger partial charge is 0.381 e. The average Bonchev–Trinajstić information content (AvgIpc) is 2.67. The number of fused-ring (bicyclic) bond motifs is 1. The Labute approximate surface area is 142 Å².